The Morgan fingerprint density at radius 3 is 2.62 bits per heavy atom. The zero-order valence-corrected chi connectivity index (χ0v) is 11.2. The van der Waals surface area contributed by atoms with Gasteiger partial charge in [-0.3, -0.25) is 4.79 Å². The molecule has 1 aromatic carbocycles. The van der Waals surface area contributed by atoms with E-state index in [2.05, 4.69) is 0 Å². The summed E-state index contributed by atoms with van der Waals surface area (Å²) in [7, 11) is 0. The molecule has 0 aliphatic carbocycles. The number of ether oxygens (including phenoxy) is 4. The van der Waals surface area contributed by atoms with Crippen LogP contribution in [0.25, 0.3) is 0 Å². The highest BCUT2D eigenvalue weighted by atomic mass is 16.7. The van der Waals surface area contributed by atoms with Gasteiger partial charge in [0.15, 0.2) is 6.29 Å². The number of benzene rings is 1. The third-order valence-corrected chi connectivity index (χ3v) is 3.18. The molecule has 2 aliphatic heterocycles. The van der Waals surface area contributed by atoms with Crippen molar-refractivity contribution in [3.63, 3.8) is 0 Å². The van der Waals surface area contributed by atoms with Crippen LogP contribution in [0, 0.1) is 0 Å². The van der Waals surface area contributed by atoms with Gasteiger partial charge >= 0.3 is 11.9 Å². The summed E-state index contributed by atoms with van der Waals surface area (Å²) < 4.78 is 20.9. The Kier molecular flexibility index (Phi) is 3.98. The molecule has 3 rings (SSSR count). The maximum Gasteiger partial charge on any atom is 0.338 e. The van der Waals surface area contributed by atoms with Crippen molar-refractivity contribution in [1.29, 1.82) is 0 Å². The molecule has 0 amide bonds. The first-order chi connectivity index (χ1) is 10.2. The number of rotatable bonds is 4. The van der Waals surface area contributed by atoms with Gasteiger partial charge in [-0.1, -0.05) is 18.2 Å². The third kappa shape index (κ3) is 3.12. The number of carbonyl (C=O) groups is 2. The van der Waals surface area contributed by atoms with E-state index in [0.717, 1.165) is 0 Å². The number of cyclic esters (lactones) is 1. The predicted octanol–water partition coefficient (Wildman–Crippen LogP) is 1.42. The molecule has 1 fully saturated rings. The molecule has 0 unspecified atom stereocenters. The van der Waals surface area contributed by atoms with Crippen LogP contribution in [-0.2, 0) is 23.7 Å². The van der Waals surface area contributed by atoms with Crippen LogP contribution in [0.3, 0.4) is 0 Å². The van der Waals surface area contributed by atoms with Gasteiger partial charge in [0.25, 0.3) is 0 Å². The Morgan fingerprint density at radius 1 is 1.19 bits per heavy atom. The summed E-state index contributed by atoms with van der Waals surface area (Å²) >= 11 is 0. The molecular weight excluding hydrogens is 276 g/mol. The second kappa shape index (κ2) is 6.07. The standard InChI is InChI=1S/C15H14O6/c16-13-8-11(15-18-6-7-19-15)12(21-13)9-20-14(17)10-4-2-1-3-5-10/h1-5,15H,6-9H2. The molecule has 2 aliphatic rings. The molecule has 1 aromatic rings. The Balaban J connectivity index is 1.66. The Labute approximate surface area is 121 Å². The second-order valence-electron chi connectivity index (χ2n) is 4.61. The van der Waals surface area contributed by atoms with Crippen LogP contribution >= 0.6 is 0 Å². The fraction of sp³-hybridized carbons (Fsp3) is 0.333. The van der Waals surface area contributed by atoms with Crippen LogP contribution < -0.4 is 0 Å². The molecule has 21 heavy (non-hydrogen) atoms. The van der Waals surface area contributed by atoms with Crippen LogP contribution in [0.1, 0.15) is 16.8 Å². The van der Waals surface area contributed by atoms with Gasteiger partial charge in [-0.25, -0.2) is 4.79 Å². The lowest BCUT2D eigenvalue weighted by atomic mass is 10.2. The van der Waals surface area contributed by atoms with Gasteiger partial charge in [0, 0.05) is 5.57 Å². The number of esters is 2. The molecule has 0 radical (unpaired) electrons. The summed E-state index contributed by atoms with van der Waals surface area (Å²) in [4.78, 5) is 23.3. The maximum absolute atomic E-state index is 11.9. The molecule has 110 valence electrons. The molecule has 0 saturated carbocycles. The zero-order valence-electron chi connectivity index (χ0n) is 11.2. The maximum atomic E-state index is 11.9. The van der Waals surface area contributed by atoms with Gasteiger partial charge in [-0.2, -0.15) is 0 Å². The van der Waals surface area contributed by atoms with Gasteiger partial charge in [-0.05, 0) is 12.1 Å². The highest BCUT2D eigenvalue weighted by Crippen LogP contribution is 2.28. The van der Waals surface area contributed by atoms with Crippen molar-refractivity contribution in [3.05, 3.63) is 47.2 Å². The molecule has 0 aromatic heterocycles. The third-order valence-electron chi connectivity index (χ3n) is 3.18. The molecule has 1 saturated heterocycles. The highest BCUT2D eigenvalue weighted by Gasteiger charge is 2.33. The first-order valence-corrected chi connectivity index (χ1v) is 6.62. The summed E-state index contributed by atoms with van der Waals surface area (Å²) in [6.07, 6.45) is -0.482. The number of hydrogen-bond donors (Lipinski definition) is 0. The van der Waals surface area contributed by atoms with E-state index in [-0.39, 0.29) is 13.0 Å². The minimum absolute atomic E-state index is 0.100. The van der Waals surface area contributed by atoms with Gasteiger partial charge in [0.1, 0.15) is 12.4 Å². The minimum Gasteiger partial charge on any atom is -0.454 e. The summed E-state index contributed by atoms with van der Waals surface area (Å²) in [5.74, 6) is -0.565. The lowest BCUT2D eigenvalue weighted by molar-refractivity contribution is -0.137. The fourth-order valence-corrected chi connectivity index (χ4v) is 2.18. The Hall–Kier alpha value is -2.18. The molecule has 0 atom stereocenters. The van der Waals surface area contributed by atoms with E-state index in [1.165, 1.54) is 0 Å². The van der Waals surface area contributed by atoms with E-state index < -0.39 is 18.2 Å². The second-order valence-corrected chi connectivity index (χ2v) is 4.61. The molecule has 6 nitrogen and oxygen atoms in total. The lowest BCUT2D eigenvalue weighted by Crippen LogP contribution is -2.14. The predicted molar refractivity (Wildman–Crippen MR) is 70.2 cm³/mol. The van der Waals surface area contributed by atoms with Crippen molar-refractivity contribution < 1.29 is 28.5 Å². The number of hydrogen-bond acceptors (Lipinski definition) is 6. The van der Waals surface area contributed by atoms with Crippen molar-refractivity contribution in [2.24, 2.45) is 0 Å². The Morgan fingerprint density at radius 2 is 1.90 bits per heavy atom. The van der Waals surface area contributed by atoms with Crippen molar-refractivity contribution in [3.8, 4) is 0 Å². The zero-order chi connectivity index (χ0) is 14.7. The number of carbonyl (C=O) groups excluding carboxylic acids is 2. The summed E-state index contributed by atoms with van der Waals surface area (Å²) in [6, 6.07) is 8.61. The molecule has 0 bridgehead atoms. The van der Waals surface area contributed by atoms with Crippen LogP contribution in [0.5, 0.6) is 0 Å². The van der Waals surface area contributed by atoms with Crippen LogP contribution in [0.15, 0.2) is 41.7 Å². The molecule has 2 heterocycles. The van der Waals surface area contributed by atoms with Crippen molar-refractivity contribution >= 4 is 11.9 Å². The van der Waals surface area contributed by atoms with Crippen molar-refractivity contribution in [2.45, 2.75) is 12.7 Å². The summed E-state index contributed by atoms with van der Waals surface area (Å²) in [5, 5.41) is 0. The lowest BCUT2D eigenvalue weighted by Gasteiger charge is -2.11. The SMILES string of the molecule is O=C1CC(C2OCCO2)=C(COC(=O)c2ccccc2)O1. The first-order valence-electron chi connectivity index (χ1n) is 6.62. The van der Waals surface area contributed by atoms with Crippen LogP contribution in [0.4, 0.5) is 0 Å². The first kappa shape index (κ1) is 13.8. The van der Waals surface area contributed by atoms with E-state index in [4.69, 9.17) is 18.9 Å². The average molecular weight is 290 g/mol. The fourth-order valence-electron chi connectivity index (χ4n) is 2.18. The van der Waals surface area contributed by atoms with Gasteiger partial charge in [-0.15, -0.1) is 0 Å². The van der Waals surface area contributed by atoms with E-state index in [1.807, 2.05) is 6.07 Å². The quantitative estimate of drug-likeness (QED) is 0.781. The average Bonchev–Trinajstić information content (AvgIpc) is 3.14. The van der Waals surface area contributed by atoms with Gasteiger partial charge < -0.3 is 18.9 Å². The van der Waals surface area contributed by atoms with Gasteiger partial charge in [0.05, 0.1) is 25.2 Å². The van der Waals surface area contributed by atoms with E-state index in [9.17, 15) is 9.59 Å². The van der Waals surface area contributed by atoms with Crippen molar-refractivity contribution in [2.75, 3.05) is 19.8 Å². The largest absolute Gasteiger partial charge is 0.454 e. The van der Waals surface area contributed by atoms with E-state index in [0.29, 0.717) is 30.1 Å². The molecule has 0 N–H and O–H groups in total. The van der Waals surface area contributed by atoms with E-state index >= 15 is 0 Å². The monoisotopic (exact) mass is 290 g/mol. The molecule has 0 spiro atoms. The van der Waals surface area contributed by atoms with Crippen LogP contribution in [0.2, 0.25) is 0 Å². The Bertz CT molecular complexity index is 571. The van der Waals surface area contributed by atoms with Crippen LogP contribution in [-0.4, -0.2) is 38.0 Å². The summed E-state index contributed by atoms with van der Waals surface area (Å²) in [5.41, 5.74) is 1.04. The topological polar surface area (TPSA) is 71.1 Å². The molecular formula is C15H14O6. The molecule has 6 heteroatoms. The highest BCUT2D eigenvalue weighted by molar-refractivity contribution is 5.89. The minimum atomic E-state index is -0.582. The normalized spacial score (nSPS) is 19.0. The summed E-state index contributed by atoms with van der Waals surface area (Å²) in [6.45, 7) is 0.830. The van der Waals surface area contributed by atoms with E-state index in [1.54, 1.807) is 24.3 Å². The van der Waals surface area contributed by atoms with Crippen molar-refractivity contribution in [1.82, 2.24) is 0 Å². The van der Waals surface area contributed by atoms with Gasteiger partial charge in [0.2, 0.25) is 0 Å². The smallest absolute Gasteiger partial charge is 0.338 e.